The summed E-state index contributed by atoms with van der Waals surface area (Å²) in [6.07, 6.45) is 2.80. The van der Waals surface area contributed by atoms with Gasteiger partial charge in [0, 0.05) is 31.0 Å². The number of rotatable bonds is 4. The number of anilines is 1. The van der Waals surface area contributed by atoms with Gasteiger partial charge >= 0.3 is 0 Å². The zero-order valence-electron chi connectivity index (χ0n) is 11.1. The van der Waals surface area contributed by atoms with Crippen LogP contribution in [0.3, 0.4) is 0 Å². The van der Waals surface area contributed by atoms with Crippen LogP contribution in [0.4, 0.5) is 10.1 Å². The first-order valence-corrected chi connectivity index (χ1v) is 8.01. The van der Waals surface area contributed by atoms with Gasteiger partial charge in [0.2, 0.25) is 5.91 Å². The van der Waals surface area contributed by atoms with Crippen LogP contribution < -0.4 is 5.32 Å². The van der Waals surface area contributed by atoms with Gasteiger partial charge in [-0.1, -0.05) is 24.0 Å². The Kier molecular flexibility index (Phi) is 5.79. The number of thiocarbonyl (C=S) groups is 1. The average Bonchev–Trinajstić information content (AvgIpc) is 2.95. The summed E-state index contributed by atoms with van der Waals surface area (Å²) in [4.78, 5) is 13.9. The standard InChI is InChI=1S/C14H17FN2OS2/c15-11-3-5-12(6-4-11)16-13(18)7-10-20-14(19)17-8-1-2-9-17/h3-6H,1-2,7-10H2,(H,16,18). The number of carbonyl (C=O) groups is 1. The molecule has 1 aromatic rings. The molecule has 6 heteroatoms. The number of hydrogen-bond donors (Lipinski definition) is 1. The molecule has 3 nitrogen and oxygen atoms in total. The molecule has 0 unspecified atom stereocenters. The van der Waals surface area contributed by atoms with Crippen LogP contribution in [0.15, 0.2) is 24.3 Å². The van der Waals surface area contributed by atoms with Crippen molar-refractivity contribution in [1.82, 2.24) is 4.90 Å². The minimum atomic E-state index is -0.311. The molecule has 1 N–H and O–H groups in total. The number of carbonyl (C=O) groups excluding carboxylic acids is 1. The molecule has 1 aliphatic rings. The van der Waals surface area contributed by atoms with E-state index in [1.807, 2.05) is 0 Å². The maximum absolute atomic E-state index is 12.7. The molecule has 0 atom stereocenters. The Morgan fingerprint density at radius 3 is 2.60 bits per heavy atom. The van der Waals surface area contributed by atoms with Crippen molar-refractivity contribution in [3.8, 4) is 0 Å². The highest BCUT2D eigenvalue weighted by atomic mass is 32.2. The van der Waals surface area contributed by atoms with Crippen molar-refractivity contribution in [1.29, 1.82) is 0 Å². The summed E-state index contributed by atoms with van der Waals surface area (Å²) in [6, 6.07) is 5.75. The first-order valence-electron chi connectivity index (χ1n) is 6.62. The number of halogens is 1. The fourth-order valence-electron chi connectivity index (χ4n) is 1.98. The highest BCUT2D eigenvalue weighted by molar-refractivity contribution is 8.22. The van der Waals surface area contributed by atoms with Gasteiger partial charge < -0.3 is 10.2 Å². The van der Waals surface area contributed by atoms with E-state index in [0.29, 0.717) is 17.9 Å². The molecule has 108 valence electrons. The van der Waals surface area contributed by atoms with Crippen LogP contribution in [0.25, 0.3) is 0 Å². The van der Waals surface area contributed by atoms with E-state index in [0.717, 1.165) is 17.4 Å². The summed E-state index contributed by atoms with van der Waals surface area (Å²) in [7, 11) is 0. The lowest BCUT2D eigenvalue weighted by atomic mass is 10.3. The molecule has 1 aliphatic heterocycles. The van der Waals surface area contributed by atoms with Gasteiger partial charge in [-0.3, -0.25) is 4.79 Å². The molecule has 1 aromatic carbocycles. The highest BCUT2D eigenvalue weighted by Gasteiger charge is 2.15. The van der Waals surface area contributed by atoms with Crippen LogP contribution in [-0.2, 0) is 4.79 Å². The lowest BCUT2D eigenvalue weighted by Gasteiger charge is -2.17. The molecule has 0 bridgehead atoms. The molecule has 2 rings (SSSR count). The minimum Gasteiger partial charge on any atom is -0.358 e. The van der Waals surface area contributed by atoms with Crippen molar-refractivity contribution in [2.24, 2.45) is 0 Å². The molecule has 0 radical (unpaired) electrons. The Hall–Kier alpha value is -1.14. The molecule has 1 fully saturated rings. The van der Waals surface area contributed by atoms with Gasteiger partial charge in [0.1, 0.15) is 10.1 Å². The number of likely N-dealkylation sites (tertiary alicyclic amines) is 1. The second-order valence-electron chi connectivity index (χ2n) is 4.61. The smallest absolute Gasteiger partial charge is 0.225 e. The third-order valence-electron chi connectivity index (χ3n) is 3.05. The fourth-order valence-corrected chi connectivity index (χ4v) is 3.24. The molecule has 1 amide bonds. The predicted molar refractivity (Wildman–Crippen MR) is 85.5 cm³/mol. The van der Waals surface area contributed by atoms with Gasteiger partial charge in [0.15, 0.2) is 0 Å². The molecule has 0 saturated carbocycles. The van der Waals surface area contributed by atoms with Gasteiger partial charge in [-0.15, -0.1) is 0 Å². The van der Waals surface area contributed by atoms with Crippen LogP contribution in [0.1, 0.15) is 19.3 Å². The molecule has 0 aromatic heterocycles. The maximum Gasteiger partial charge on any atom is 0.225 e. The summed E-state index contributed by atoms with van der Waals surface area (Å²) in [5.74, 6) is 0.283. The van der Waals surface area contributed by atoms with E-state index < -0.39 is 0 Å². The monoisotopic (exact) mass is 312 g/mol. The van der Waals surface area contributed by atoms with E-state index in [1.54, 1.807) is 23.9 Å². The van der Waals surface area contributed by atoms with Crippen molar-refractivity contribution in [2.75, 3.05) is 24.2 Å². The Labute approximate surface area is 127 Å². The van der Waals surface area contributed by atoms with E-state index in [-0.39, 0.29) is 11.7 Å². The molecule has 20 heavy (non-hydrogen) atoms. The van der Waals surface area contributed by atoms with Crippen molar-refractivity contribution in [3.05, 3.63) is 30.1 Å². The number of benzene rings is 1. The number of amides is 1. The molecular weight excluding hydrogens is 295 g/mol. The minimum absolute atomic E-state index is 0.0756. The van der Waals surface area contributed by atoms with Gasteiger partial charge in [-0.2, -0.15) is 0 Å². The Balaban J connectivity index is 1.67. The Morgan fingerprint density at radius 1 is 1.30 bits per heavy atom. The average molecular weight is 312 g/mol. The van der Waals surface area contributed by atoms with E-state index >= 15 is 0 Å². The fraction of sp³-hybridized carbons (Fsp3) is 0.429. The lowest BCUT2D eigenvalue weighted by Crippen LogP contribution is -2.24. The molecular formula is C14H17FN2OS2. The van der Waals surface area contributed by atoms with Crippen molar-refractivity contribution < 1.29 is 9.18 Å². The van der Waals surface area contributed by atoms with E-state index in [9.17, 15) is 9.18 Å². The Bertz CT molecular complexity index is 473. The molecule has 0 aliphatic carbocycles. The summed E-state index contributed by atoms with van der Waals surface area (Å²) in [5, 5.41) is 2.74. The molecule has 1 heterocycles. The summed E-state index contributed by atoms with van der Waals surface area (Å²) < 4.78 is 13.6. The quantitative estimate of drug-likeness (QED) is 0.865. The summed E-state index contributed by atoms with van der Waals surface area (Å²) in [6.45, 7) is 2.07. The topological polar surface area (TPSA) is 32.3 Å². The largest absolute Gasteiger partial charge is 0.358 e. The number of nitrogens with one attached hydrogen (secondary N) is 1. The predicted octanol–water partition coefficient (Wildman–Crippen LogP) is 3.27. The van der Waals surface area contributed by atoms with Crippen LogP contribution in [0, 0.1) is 5.82 Å². The number of thioether (sulfide) groups is 1. The van der Waals surface area contributed by atoms with Crippen molar-refractivity contribution in [3.63, 3.8) is 0 Å². The van der Waals surface area contributed by atoms with Crippen LogP contribution >= 0.6 is 24.0 Å². The van der Waals surface area contributed by atoms with Gasteiger partial charge in [-0.05, 0) is 37.1 Å². The van der Waals surface area contributed by atoms with E-state index in [4.69, 9.17) is 12.2 Å². The first kappa shape index (κ1) is 15.3. The summed E-state index contributed by atoms with van der Waals surface area (Å²) in [5.41, 5.74) is 0.614. The van der Waals surface area contributed by atoms with Crippen LogP contribution in [-0.4, -0.2) is 34.0 Å². The highest BCUT2D eigenvalue weighted by Crippen LogP contribution is 2.17. The molecule has 0 spiro atoms. The molecule has 1 saturated heterocycles. The zero-order valence-corrected chi connectivity index (χ0v) is 12.7. The third kappa shape index (κ3) is 4.76. The van der Waals surface area contributed by atoms with Gasteiger partial charge in [0.05, 0.1) is 0 Å². The maximum atomic E-state index is 12.7. The number of hydrogen-bond acceptors (Lipinski definition) is 3. The Morgan fingerprint density at radius 2 is 1.95 bits per heavy atom. The second-order valence-corrected chi connectivity index (χ2v) is 6.34. The van der Waals surface area contributed by atoms with Crippen LogP contribution in [0.2, 0.25) is 0 Å². The van der Waals surface area contributed by atoms with Crippen molar-refractivity contribution >= 4 is 39.9 Å². The summed E-state index contributed by atoms with van der Waals surface area (Å²) >= 11 is 6.88. The number of nitrogens with zero attached hydrogens (tertiary/aromatic N) is 1. The van der Waals surface area contributed by atoms with E-state index in [2.05, 4.69) is 10.2 Å². The third-order valence-corrected chi connectivity index (χ3v) is 4.57. The zero-order chi connectivity index (χ0) is 14.4. The van der Waals surface area contributed by atoms with Crippen molar-refractivity contribution in [2.45, 2.75) is 19.3 Å². The van der Waals surface area contributed by atoms with Gasteiger partial charge in [0.25, 0.3) is 0 Å². The SMILES string of the molecule is O=C(CCSC(=S)N1CCCC1)Nc1ccc(F)cc1. The van der Waals surface area contributed by atoms with Crippen LogP contribution in [0.5, 0.6) is 0 Å². The van der Waals surface area contributed by atoms with Gasteiger partial charge in [-0.25, -0.2) is 4.39 Å². The lowest BCUT2D eigenvalue weighted by molar-refractivity contribution is -0.115. The first-order chi connectivity index (χ1) is 9.65. The second kappa shape index (κ2) is 7.59. The normalized spacial score (nSPS) is 14.3. The van der Waals surface area contributed by atoms with E-state index in [1.165, 1.54) is 25.0 Å².